The fraction of sp³-hybridized carbons (Fsp3) is 0.150. The zero-order valence-corrected chi connectivity index (χ0v) is 16.0. The highest BCUT2D eigenvalue weighted by molar-refractivity contribution is 8.18. The number of nitrogens with zero attached hydrogens (tertiary/aromatic N) is 2. The third-order valence-electron chi connectivity index (χ3n) is 4.04. The monoisotopic (exact) mass is 381 g/mol. The molecule has 0 atom stereocenters. The molecule has 1 fully saturated rings. The van der Waals surface area contributed by atoms with E-state index in [0.29, 0.717) is 15.8 Å². The molecule has 1 heterocycles. The van der Waals surface area contributed by atoms with Gasteiger partial charge >= 0.3 is 5.97 Å². The Morgan fingerprint density at radius 2 is 1.89 bits per heavy atom. The van der Waals surface area contributed by atoms with E-state index >= 15 is 0 Å². The van der Waals surface area contributed by atoms with Crippen molar-refractivity contribution < 1.29 is 14.7 Å². The van der Waals surface area contributed by atoms with Crippen LogP contribution in [0.25, 0.3) is 6.08 Å². The van der Waals surface area contributed by atoms with Crippen LogP contribution in [0.3, 0.4) is 0 Å². The smallest absolute Gasteiger partial charge is 0.335 e. The van der Waals surface area contributed by atoms with Gasteiger partial charge in [-0.25, -0.2) is 9.79 Å². The summed E-state index contributed by atoms with van der Waals surface area (Å²) in [5, 5.41) is 12.3. The van der Waals surface area contributed by atoms with E-state index < -0.39 is 5.97 Å². The van der Waals surface area contributed by atoms with Crippen molar-refractivity contribution in [2.24, 2.45) is 4.99 Å². The van der Waals surface area contributed by atoms with Gasteiger partial charge in [-0.1, -0.05) is 18.2 Å². The number of carboxylic acid groups (broad SMARTS) is 1. The molecular formula is C20H19N3O3S. The highest BCUT2D eigenvalue weighted by Gasteiger charge is 2.24. The van der Waals surface area contributed by atoms with Crippen LogP contribution in [0.4, 0.5) is 11.4 Å². The van der Waals surface area contributed by atoms with Crippen LogP contribution in [0.2, 0.25) is 0 Å². The van der Waals surface area contributed by atoms with E-state index in [1.54, 1.807) is 6.07 Å². The van der Waals surface area contributed by atoms with Crippen molar-refractivity contribution in [2.45, 2.75) is 6.92 Å². The van der Waals surface area contributed by atoms with E-state index in [1.807, 2.05) is 56.3 Å². The second-order valence-corrected chi connectivity index (χ2v) is 7.30. The van der Waals surface area contributed by atoms with E-state index in [1.165, 1.54) is 23.9 Å². The molecule has 1 amide bonds. The van der Waals surface area contributed by atoms with Crippen molar-refractivity contribution in [1.29, 1.82) is 0 Å². The molecule has 0 unspecified atom stereocenters. The van der Waals surface area contributed by atoms with Gasteiger partial charge in [0.25, 0.3) is 5.91 Å². The molecule has 0 spiro atoms. The normalized spacial score (nSPS) is 16.6. The summed E-state index contributed by atoms with van der Waals surface area (Å²) in [6, 6.07) is 12.6. The predicted octanol–water partition coefficient (Wildman–Crippen LogP) is 3.65. The molecule has 1 aliphatic heterocycles. The topological polar surface area (TPSA) is 82.0 Å². The van der Waals surface area contributed by atoms with E-state index in [2.05, 4.69) is 10.3 Å². The van der Waals surface area contributed by atoms with Crippen molar-refractivity contribution in [3.8, 4) is 0 Å². The first kappa shape index (κ1) is 18.7. The lowest BCUT2D eigenvalue weighted by molar-refractivity contribution is -0.115. The first-order valence-corrected chi connectivity index (χ1v) is 9.06. The van der Waals surface area contributed by atoms with Gasteiger partial charge in [0.05, 0.1) is 16.2 Å². The quantitative estimate of drug-likeness (QED) is 0.790. The standard InChI is InChI=1S/C20H19N3O3S/c1-12-4-7-14(19(25)26)11-16(12)21-20-22-18(24)17(27-20)10-13-5-8-15(9-6-13)23(2)3/h4-11H,1-3H3,(H,25,26)(H,21,22,24)/b17-10-. The Morgan fingerprint density at radius 3 is 2.52 bits per heavy atom. The molecule has 1 aliphatic rings. The molecule has 2 N–H and O–H groups in total. The number of hydrogen-bond acceptors (Lipinski definition) is 5. The highest BCUT2D eigenvalue weighted by Crippen LogP contribution is 2.30. The number of amidine groups is 1. The number of carboxylic acids is 1. The molecule has 0 aromatic heterocycles. The van der Waals surface area contributed by atoms with E-state index in [0.717, 1.165) is 16.8 Å². The van der Waals surface area contributed by atoms with Crippen molar-refractivity contribution in [1.82, 2.24) is 5.32 Å². The number of aryl methyl sites for hydroxylation is 1. The minimum atomic E-state index is -1.01. The maximum Gasteiger partial charge on any atom is 0.335 e. The van der Waals surface area contributed by atoms with Crippen molar-refractivity contribution in [3.05, 3.63) is 64.1 Å². The molecule has 0 radical (unpaired) electrons. The number of hydrogen-bond donors (Lipinski definition) is 2. The minimum absolute atomic E-state index is 0.158. The molecule has 138 valence electrons. The molecule has 0 saturated carbocycles. The van der Waals surface area contributed by atoms with Gasteiger partial charge in [-0.15, -0.1) is 0 Å². The fourth-order valence-corrected chi connectivity index (χ4v) is 3.31. The summed E-state index contributed by atoms with van der Waals surface area (Å²) in [4.78, 5) is 30.3. The molecule has 6 nitrogen and oxygen atoms in total. The zero-order valence-electron chi connectivity index (χ0n) is 15.2. The van der Waals surface area contributed by atoms with Crippen LogP contribution in [-0.2, 0) is 4.79 Å². The van der Waals surface area contributed by atoms with Crippen LogP contribution < -0.4 is 10.2 Å². The number of aliphatic imine (C=N–C) groups is 1. The summed E-state index contributed by atoms with van der Waals surface area (Å²) >= 11 is 1.23. The number of aromatic carboxylic acids is 1. The van der Waals surface area contributed by atoms with Gasteiger partial charge < -0.3 is 15.3 Å². The Kier molecular flexibility index (Phi) is 5.32. The van der Waals surface area contributed by atoms with E-state index in [-0.39, 0.29) is 11.5 Å². The molecule has 2 aromatic rings. The average Bonchev–Trinajstić information content (AvgIpc) is 2.96. The lowest BCUT2D eigenvalue weighted by Gasteiger charge is -2.11. The third-order valence-corrected chi connectivity index (χ3v) is 4.95. The lowest BCUT2D eigenvalue weighted by atomic mass is 10.1. The van der Waals surface area contributed by atoms with Gasteiger partial charge in [0, 0.05) is 19.8 Å². The Bertz CT molecular complexity index is 963. The van der Waals surface area contributed by atoms with Crippen LogP contribution >= 0.6 is 11.8 Å². The van der Waals surface area contributed by atoms with Gasteiger partial charge in [0.15, 0.2) is 5.17 Å². The SMILES string of the molecule is Cc1ccc(C(=O)O)cc1N=C1NC(=O)/C(=C/c2ccc(N(C)C)cc2)S1. The third kappa shape index (κ3) is 4.38. The van der Waals surface area contributed by atoms with Gasteiger partial charge in [0.1, 0.15) is 0 Å². The first-order chi connectivity index (χ1) is 12.8. The molecule has 7 heteroatoms. The summed E-state index contributed by atoms with van der Waals surface area (Å²) in [6.45, 7) is 1.84. The summed E-state index contributed by atoms with van der Waals surface area (Å²) in [6.07, 6.45) is 1.81. The second kappa shape index (κ2) is 7.67. The Hall–Kier alpha value is -3.06. The summed E-state index contributed by atoms with van der Waals surface area (Å²) in [5.41, 5.74) is 3.51. The first-order valence-electron chi connectivity index (χ1n) is 8.24. The number of carbonyl (C=O) groups is 2. The predicted molar refractivity (Wildman–Crippen MR) is 110 cm³/mol. The number of rotatable bonds is 4. The van der Waals surface area contributed by atoms with Crippen molar-refractivity contribution in [2.75, 3.05) is 19.0 Å². The molecule has 0 aliphatic carbocycles. The maximum atomic E-state index is 12.2. The molecule has 2 aromatic carbocycles. The number of anilines is 1. The molecule has 27 heavy (non-hydrogen) atoms. The lowest BCUT2D eigenvalue weighted by Crippen LogP contribution is -2.19. The number of carbonyl (C=O) groups excluding carboxylic acids is 1. The summed E-state index contributed by atoms with van der Waals surface area (Å²) in [7, 11) is 3.94. The number of nitrogens with one attached hydrogen (secondary N) is 1. The van der Waals surface area contributed by atoms with E-state index in [4.69, 9.17) is 5.11 Å². The molecule has 1 saturated heterocycles. The van der Waals surface area contributed by atoms with Crippen LogP contribution in [0.1, 0.15) is 21.5 Å². The minimum Gasteiger partial charge on any atom is -0.478 e. The van der Waals surface area contributed by atoms with Crippen molar-refractivity contribution in [3.63, 3.8) is 0 Å². The summed E-state index contributed by atoms with van der Waals surface area (Å²) in [5.74, 6) is -1.23. The van der Waals surface area contributed by atoms with E-state index in [9.17, 15) is 9.59 Å². The molecule has 3 rings (SSSR count). The summed E-state index contributed by atoms with van der Waals surface area (Å²) < 4.78 is 0. The van der Waals surface area contributed by atoms with Crippen LogP contribution in [0.15, 0.2) is 52.4 Å². The second-order valence-electron chi connectivity index (χ2n) is 6.27. The Morgan fingerprint density at radius 1 is 1.19 bits per heavy atom. The number of thioether (sulfide) groups is 1. The van der Waals surface area contributed by atoms with Gasteiger partial charge in [-0.05, 0) is 60.2 Å². The van der Waals surface area contributed by atoms with Gasteiger partial charge in [0.2, 0.25) is 0 Å². The zero-order chi connectivity index (χ0) is 19.6. The average molecular weight is 381 g/mol. The molecule has 0 bridgehead atoms. The molecular weight excluding hydrogens is 362 g/mol. The van der Waals surface area contributed by atoms with Crippen molar-refractivity contribution >= 4 is 46.3 Å². The fourth-order valence-electron chi connectivity index (χ4n) is 2.47. The number of benzene rings is 2. The van der Waals surface area contributed by atoms with Crippen LogP contribution in [0, 0.1) is 6.92 Å². The largest absolute Gasteiger partial charge is 0.478 e. The van der Waals surface area contributed by atoms with Gasteiger partial charge in [-0.2, -0.15) is 0 Å². The maximum absolute atomic E-state index is 12.2. The van der Waals surface area contributed by atoms with Gasteiger partial charge in [-0.3, -0.25) is 4.79 Å². The Labute approximate surface area is 161 Å². The van der Waals surface area contributed by atoms with Crippen LogP contribution in [0.5, 0.6) is 0 Å². The van der Waals surface area contributed by atoms with Crippen LogP contribution in [-0.4, -0.2) is 36.2 Å². The Balaban J connectivity index is 1.84. The number of amides is 1. The highest BCUT2D eigenvalue weighted by atomic mass is 32.2.